The first-order valence-corrected chi connectivity index (χ1v) is 8.78. The van der Waals surface area contributed by atoms with E-state index in [1.54, 1.807) is 25.1 Å². The van der Waals surface area contributed by atoms with Crippen LogP contribution in [0.5, 0.6) is 0 Å². The molecule has 1 aromatic carbocycles. The predicted octanol–water partition coefficient (Wildman–Crippen LogP) is 3.84. The Bertz CT molecular complexity index is 920. The molecular weight excluding hydrogens is 342 g/mol. The number of aromatic nitrogens is 3. The van der Waals surface area contributed by atoms with E-state index in [9.17, 15) is 4.79 Å². The summed E-state index contributed by atoms with van der Waals surface area (Å²) in [6.07, 6.45) is 2.49. The van der Waals surface area contributed by atoms with Crippen LogP contribution < -0.4 is 5.32 Å². The van der Waals surface area contributed by atoms with Gasteiger partial charge < -0.3 is 14.6 Å². The second-order valence-corrected chi connectivity index (χ2v) is 6.62. The number of benzene rings is 1. The molecule has 0 aliphatic carbocycles. The molecule has 0 saturated heterocycles. The summed E-state index contributed by atoms with van der Waals surface area (Å²) >= 11 is 0. The van der Waals surface area contributed by atoms with Gasteiger partial charge in [-0.1, -0.05) is 0 Å². The summed E-state index contributed by atoms with van der Waals surface area (Å²) in [5, 5.41) is 10.7. The number of amides is 2. The van der Waals surface area contributed by atoms with E-state index < -0.39 is 0 Å². The Morgan fingerprint density at radius 1 is 1.19 bits per heavy atom. The number of aryl methyl sites for hydroxylation is 2. The zero-order valence-corrected chi connectivity index (χ0v) is 15.9. The molecule has 1 atom stereocenters. The van der Waals surface area contributed by atoms with Gasteiger partial charge in [0.2, 0.25) is 11.8 Å². The predicted molar refractivity (Wildman–Crippen MR) is 103 cm³/mol. The lowest BCUT2D eigenvalue weighted by atomic mass is 10.1. The molecule has 3 rings (SSSR count). The number of hydrogen-bond donors (Lipinski definition) is 1. The summed E-state index contributed by atoms with van der Waals surface area (Å²) in [6.45, 7) is 5.78. The summed E-state index contributed by atoms with van der Waals surface area (Å²) < 4.78 is 5.40. The number of pyridine rings is 1. The van der Waals surface area contributed by atoms with Crippen molar-refractivity contribution in [2.75, 3.05) is 12.4 Å². The fraction of sp³-hybridized carbons (Fsp3) is 0.300. The fourth-order valence-corrected chi connectivity index (χ4v) is 2.67. The minimum atomic E-state index is -0.170. The van der Waals surface area contributed by atoms with Gasteiger partial charge in [-0.15, -0.1) is 10.2 Å². The minimum Gasteiger partial charge on any atom is -0.421 e. The molecule has 2 amide bonds. The van der Waals surface area contributed by atoms with Gasteiger partial charge in [-0.05, 0) is 55.8 Å². The Balaban J connectivity index is 1.60. The molecule has 0 radical (unpaired) electrons. The van der Waals surface area contributed by atoms with Gasteiger partial charge in [0.25, 0.3) is 0 Å². The van der Waals surface area contributed by atoms with Crippen molar-refractivity contribution in [3.8, 4) is 11.5 Å². The number of likely N-dealkylation sites (N-methyl/N-ethyl adjacent to an activating group) is 1. The quantitative estimate of drug-likeness (QED) is 0.742. The molecule has 2 heterocycles. The van der Waals surface area contributed by atoms with Crippen molar-refractivity contribution in [3.05, 3.63) is 59.7 Å². The van der Waals surface area contributed by atoms with Crippen LogP contribution in [0.3, 0.4) is 0 Å². The van der Waals surface area contributed by atoms with E-state index in [1.807, 2.05) is 50.2 Å². The monoisotopic (exact) mass is 365 g/mol. The van der Waals surface area contributed by atoms with Crippen LogP contribution in [0.1, 0.15) is 24.1 Å². The number of rotatable bonds is 5. The number of urea groups is 1. The lowest BCUT2D eigenvalue weighted by Gasteiger charge is -2.25. The largest absolute Gasteiger partial charge is 0.421 e. The molecule has 0 aliphatic rings. The Hall–Kier alpha value is -3.22. The summed E-state index contributed by atoms with van der Waals surface area (Å²) in [4.78, 5) is 18.6. The van der Waals surface area contributed by atoms with Crippen molar-refractivity contribution >= 4 is 11.7 Å². The highest BCUT2D eigenvalue weighted by Crippen LogP contribution is 2.20. The minimum absolute atomic E-state index is 0.0138. The van der Waals surface area contributed by atoms with E-state index in [4.69, 9.17) is 4.42 Å². The van der Waals surface area contributed by atoms with Gasteiger partial charge in [0.05, 0.1) is 0 Å². The van der Waals surface area contributed by atoms with E-state index in [1.165, 1.54) is 0 Å². The molecule has 140 valence electrons. The van der Waals surface area contributed by atoms with Gasteiger partial charge in [-0.25, -0.2) is 4.79 Å². The van der Waals surface area contributed by atoms with Gasteiger partial charge in [0, 0.05) is 49.6 Å². The zero-order chi connectivity index (χ0) is 19.4. The Labute approximate surface area is 158 Å². The highest BCUT2D eigenvalue weighted by atomic mass is 16.4. The topological polar surface area (TPSA) is 84.2 Å². The second kappa shape index (κ2) is 7.99. The molecule has 2 aromatic heterocycles. The maximum Gasteiger partial charge on any atom is 0.321 e. The van der Waals surface area contributed by atoms with E-state index in [0.29, 0.717) is 23.9 Å². The van der Waals surface area contributed by atoms with Crippen molar-refractivity contribution in [1.82, 2.24) is 20.1 Å². The van der Waals surface area contributed by atoms with Crippen molar-refractivity contribution < 1.29 is 9.21 Å². The molecule has 3 aromatic rings. The van der Waals surface area contributed by atoms with Gasteiger partial charge in [-0.2, -0.15) is 0 Å². The summed E-state index contributed by atoms with van der Waals surface area (Å²) in [5.74, 6) is 0.975. The first kappa shape index (κ1) is 18.6. The lowest BCUT2D eigenvalue weighted by Crippen LogP contribution is -2.39. The number of nitrogens with zero attached hydrogens (tertiary/aromatic N) is 4. The molecule has 0 aliphatic heterocycles. The third kappa shape index (κ3) is 4.69. The maximum absolute atomic E-state index is 12.5. The van der Waals surface area contributed by atoms with E-state index >= 15 is 0 Å². The molecule has 1 unspecified atom stereocenters. The van der Waals surface area contributed by atoms with Gasteiger partial charge in [-0.3, -0.25) is 4.98 Å². The summed E-state index contributed by atoms with van der Waals surface area (Å²) in [6, 6.07) is 11.1. The molecule has 0 spiro atoms. The molecule has 0 saturated carbocycles. The average molecular weight is 365 g/mol. The second-order valence-electron chi connectivity index (χ2n) is 6.62. The molecular formula is C20H23N5O2. The molecule has 0 bridgehead atoms. The maximum atomic E-state index is 12.5. The van der Waals surface area contributed by atoms with Crippen molar-refractivity contribution in [3.63, 3.8) is 0 Å². The highest BCUT2D eigenvalue weighted by Gasteiger charge is 2.17. The average Bonchev–Trinajstić information content (AvgIpc) is 3.08. The zero-order valence-electron chi connectivity index (χ0n) is 15.9. The molecule has 7 heteroatoms. The number of nitrogens with one attached hydrogen (secondary N) is 1. The van der Waals surface area contributed by atoms with Crippen LogP contribution >= 0.6 is 0 Å². The van der Waals surface area contributed by atoms with Crippen LogP contribution in [0.4, 0.5) is 10.5 Å². The van der Waals surface area contributed by atoms with Gasteiger partial charge in [0.1, 0.15) is 0 Å². The Kier molecular flexibility index (Phi) is 5.49. The van der Waals surface area contributed by atoms with Crippen LogP contribution in [0.15, 0.2) is 47.0 Å². The molecule has 1 N–H and O–H groups in total. The van der Waals surface area contributed by atoms with E-state index in [-0.39, 0.29) is 12.1 Å². The van der Waals surface area contributed by atoms with Gasteiger partial charge in [0.15, 0.2) is 0 Å². The van der Waals surface area contributed by atoms with E-state index in [0.717, 1.165) is 16.8 Å². The number of carbonyl (C=O) groups excluding carboxylic acids is 1. The lowest BCUT2D eigenvalue weighted by molar-refractivity contribution is 0.207. The molecule has 7 nitrogen and oxygen atoms in total. The molecule has 27 heavy (non-hydrogen) atoms. The van der Waals surface area contributed by atoms with Crippen LogP contribution in [-0.2, 0) is 6.42 Å². The number of anilines is 1. The molecule has 0 fully saturated rings. The van der Waals surface area contributed by atoms with Crippen LogP contribution in [0, 0.1) is 13.8 Å². The SMILES string of the molecule is Cc1ccnc(CC(C)N(C)C(=O)Nc2ccc(-c3nnc(C)o3)cc2)c1. The Morgan fingerprint density at radius 2 is 1.93 bits per heavy atom. The van der Waals surface area contributed by atoms with Crippen molar-refractivity contribution in [1.29, 1.82) is 0 Å². The number of carbonyl (C=O) groups is 1. The van der Waals surface area contributed by atoms with Crippen molar-refractivity contribution in [2.45, 2.75) is 33.2 Å². The van der Waals surface area contributed by atoms with Crippen LogP contribution in [-0.4, -0.2) is 39.2 Å². The van der Waals surface area contributed by atoms with Crippen molar-refractivity contribution in [2.24, 2.45) is 0 Å². The van der Waals surface area contributed by atoms with Crippen LogP contribution in [0.25, 0.3) is 11.5 Å². The summed E-state index contributed by atoms with van der Waals surface area (Å²) in [5.41, 5.74) is 3.64. The van der Waals surface area contributed by atoms with E-state index in [2.05, 4.69) is 20.5 Å². The normalized spacial score (nSPS) is 11.9. The smallest absolute Gasteiger partial charge is 0.321 e. The fourth-order valence-electron chi connectivity index (χ4n) is 2.67. The van der Waals surface area contributed by atoms with Gasteiger partial charge >= 0.3 is 6.03 Å². The third-order valence-corrected chi connectivity index (χ3v) is 4.37. The summed E-state index contributed by atoms with van der Waals surface area (Å²) in [7, 11) is 1.78. The Morgan fingerprint density at radius 3 is 2.56 bits per heavy atom. The number of hydrogen-bond acceptors (Lipinski definition) is 5. The van der Waals surface area contributed by atoms with Crippen LogP contribution in [0.2, 0.25) is 0 Å². The third-order valence-electron chi connectivity index (χ3n) is 4.37. The first-order valence-electron chi connectivity index (χ1n) is 8.78. The standard InChI is InChI=1S/C20H23N5O2/c1-13-9-10-21-18(11-13)12-14(2)25(4)20(26)22-17-7-5-16(6-8-17)19-24-23-15(3)27-19/h5-11,14H,12H2,1-4H3,(H,22,26). The highest BCUT2D eigenvalue weighted by molar-refractivity contribution is 5.89. The first-order chi connectivity index (χ1) is 12.9.